The van der Waals surface area contributed by atoms with Gasteiger partial charge in [0.05, 0.1) is 6.54 Å². The van der Waals surface area contributed by atoms with Gasteiger partial charge in [0.1, 0.15) is 12.4 Å². The van der Waals surface area contributed by atoms with Gasteiger partial charge in [-0.25, -0.2) is 0 Å². The van der Waals surface area contributed by atoms with E-state index in [0.29, 0.717) is 13.2 Å². The van der Waals surface area contributed by atoms with Crippen LogP contribution in [0.15, 0.2) is 54.9 Å². The molecule has 1 aromatic carbocycles. The quantitative estimate of drug-likeness (QED) is 0.652. The van der Waals surface area contributed by atoms with E-state index in [9.17, 15) is 4.79 Å². The maximum atomic E-state index is 11.7. The van der Waals surface area contributed by atoms with E-state index >= 15 is 0 Å². The van der Waals surface area contributed by atoms with E-state index in [1.54, 1.807) is 18.5 Å². The van der Waals surface area contributed by atoms with Gasteiger partial charge in [-0.15, -0.1) is 0 Å². The second kappa shape index (κ2) is 8.29. The number of aromatic nitrogens is 1. The Bertz CT molecular complexity index is 671. The SMILES string of the molecule is CC(C)(C)c1ccc(OCCNC(=O)C=Cc2ccncc2)cc1. The van der Waals surface area contributed by atoms with Crippen molar-refractivity contribution in [1.82, 2.24) is 10.3 Å². The number of ether oxygens (including phenoxy) is 1. The molecule has 0 unspecified atom stereocenters. The van der Waals surface area contributed by atoms with Gasteiger partial charge >= 0.3 is 0 Å². The van der Waals surface area contributed by atoms with E-state index < -0.39 is 0 Å². The molecule has 0 fully saturated rings. The van der Waals surface area contributed by atoms with E-state index in [-0.39, 0.29) is 11.3 Å². The van der Waals surface area contributed by atoms with Crippen LogP contribution in [0.2, 0.25) is 0 Å². The third-order valence-corrected chi connectivity index (χ3v) is 3.52. The number of benzene rings is 1. The van der Waals surface area contributed by atoms with E-state index in [1.165, 1.54) is 11.6 Å². The van der Waals surface area contributed by atoms with Gasteiger partial charge in [0.15, 0.2) is 0 Å². The number of nitrogens with one attached hydrogen (secondary N) is 1. The van der Waals surface area contributed by atoms with Crippen molar-refractivity contribution in [2.24, 2.45) is 0 Å². The summed E-state index contributed by atoms with van der Waals surface area (Å²) < 4.78 is 5.64. The number of hydrogen-bond donors (Lipinski definition) is 1. The van der Waals surface area contributed by atoms with Crippen LogP contribution in [0.5, 0.6) is 5.75 Å². The molecular weight excluding hydrogens is 300 g/mol. The van der Waals surface area contributed by atoms with E-state index in [2.05, 4.69) is 43.2 Å². The number of pyridine rings is 1. The first-order valence-electron chi connectivity index (χ1n) is 8.04. The number of rotatable bonds is 6. The maximum Gasteiger partial charge on any atom is 0.244 e. The molecule has 2 rings (SSSR count). The molecule has 1 amide bonds. The number of nitrogens with zero attached hydrogens (tertiary/aromatic N) is 1. The van der Waals surface area contributed by atoms with Gasteiger partial charge in [-0.2, -0.15) is 0 Å². The van der Waals surface area contributed by atoms with Crippen LogP contribution < -0.4 is 10.1 Å². The standard InChI is InChI=1S/C20H24N2O2/c1-20(2,3)17-5-7-18(8-6-17)24-15-14-22-19(23)9-4-16-10-12-21-13-11-16/h4-13H,14-15H2,1-3H3,(H,22,23). The smallest absolute Gasteiger partial charge is 0.244 e. The monoisotopic (exact) mass is 324 g/mol. The molecule has 0 aliphatic rings. The maximum absolute atomic E-state index is 11.7. The first-order valence-corrected chi connectivity index (χ1v) is 8.04. The highest BCUT2D eigenvalue weighted by molar-refractivity contribution is 5.91. The van der Waals surface area contributed by atoms with Gasteiger partial charge in [-0.05, 0) is 46.9 Å². The molecule has 0 bridgehead atoms. The first-order chi connectivity index (χ1) is 11.4. The Kier molecular flexibility index (Phi) is 6.13. The highest BCUT2D eigenvalue weighted by atomic mass is 16.5. The normalized spacial score (nSPS) is 11.5. The molecule has 2 aromatic rings. The molecule has 0 saturated heterocycles. The van der Waals surface area contributed by atoms with E-state index in [0.717, 1.165) is 11.3 Å². The number of carbonyl (C=O) groups is 1. The highest BCUT2D eigenvalue weighted by Gasteiger charge is 2.12. The first kappa shape index (κ1) is 17.7. The van der Waals surface area contributed by atoms with Crippen molar-refractivity contribution in [2.75, 3.05) is 13.2 Å². The molecular formula is C20H24N2O2. The zero-order valence-corrected chi connectivity index (χ0v) is 14.5. The lowest BCUT2D eigenvalue weighted by Gasteiger charge is -2.19. The summed E-state index contributed by atoms with van der Waals surface area (Å²) >= 11 is 0. The second-order valence-corrected chi connectivity index (χ2v) is 6.53. The lowest BCUT2D eigenvalue weighted by molar-refractivity contribution is -0.116. The Morgan fingerprint density at radius 1 is 1.12 bits per heavy atom. The molecule has 4 nitrogen and oxygen atoms in total. The molecule has 0 aliphatic carbocycles. The van der Waals surface area contributed by atoms with Crippen molar-refractivity contribution >= 4 is 12.0 Å². The summed E-state index contributed by atoms with van der Waals surface area (Å²) in [6.45, 7) is 7.43. The minimum absolute atomic E-state index is 0.133. The van der Waals surface area contributed by atoms with Crippen molar-refractivity contribution in [1.29, 1.82) is 0 Å². The fraction of sp³-hybridized carbons (Fsp3) is 0.300. The number of amides is 1. The minimum atomic E-state index is -0.140. The van der Waals surface area contributed by atoms with Gasteiger partial charge in [0.2, 0.25) is 5.91 Å². The summed E-state index contributed by atoms with van der Waals surface area (Å²) in [5.41, 5.74) is 2.34. The Morgan fingerprint density at radius 2 is 1.79 bits per heavy atom. The molecule has 0 radical (unpaired) electrons. The fourth-order valence-corrected chi connectivity index (χ4v) is 2.10. The van der Waals surface area contributed by atoms with Crippen LogP contribution in [0, 0.1) is 0 Å². The van der Waals surface area contributed by atoms with Gasteiger partial charge in [0, 0.05) is 18.5 Å². The van der Waals surface area contributed by atoms with Crippen LogP contribution in [0.25, 0.3) is 6.08 Å². The predicted molar refractivity (Wildman–Crippen MR) is 96.9 cm³/mol. The lowest BCUT2D eigenvalue weighted by Crippen LogP contribution is -2.26. The Balaban J connectivity index is 1.71. The Hall–Kier alpha value is -2.62. The van der Waals surface area contributed by atoms with Gasteiger partial charge in [-0.3, -0.25) is 9.78 Å². The molecule has 126 valence electrons. The Labute approximate surface area is 143 Å². The van der Waals surface area contributed by atoms with Gasteiger partial charge in [0.25, 0.3) is 0 Å². The van der Waals surface area contributed by atoms with E-state index in [1.807, 2.05) is 24.3 Å². The lowest BCUT2D eigenvalue weighted by atomic mass is 9.87. The highest BCUT2D eigenvalue weighted by Crippen LogP contribution is 2.24. The summed E-state index contributed by atoms with van der Waals surface area (Å²) in [5, 5.41) is 2.79. The number of carbonyl (C=O) groups excluding carboxylic acids is 1. The van der Waals surface area contributed by atoms with E-state index in [4.69, 9.17) is 4.74 Å². The third kappa shape index (κ3) is 5.88. The summed E-state index contributed by atoms with van der Waals surface area (Å²) in [4.78, 5) is 15.6. The van der Waals surface area contributed by atoms with Crippen molar-refractivity contribution in [2.45, 2.75) is 26.2 Å². The molecule has 0 aliphatic heterocycles. The van der Waals surface area contributed by atoms with Crippen LogP contribution in [0.3, 0.4) is 0 Å². The molecule has 0 spiro atoms. The van der Waals surface area contributed by atoms with Crippen LogP contribution in [0.1, 0.15) is 31.9 Å². The third-order valence-electron chi connectivity index (χ3n) is 3.52. The van der Waals surface area contributed by atoms with Crippen molar-refractivity contribution < 1.29 is 9.53 Å². The van der Waals surface area contributed by atoms with Crippen molar-refractivity contribution in [3.63, 3.8) is 0 Å². The minimum Gasteiger partial charge on any atom is -0.492 e. The van der Waals surface area contributed by atoms with Crippen LogP contribution in [0.4, 0.5) is 0 Å². The largest absolute Gasteiger partial charge is 0.492 e. The zero-order valence-electron chi connectivity index (χ0n) is 14.5. The Morgan fingerprint density at radius 3 is 2.42 bits per heavy atom. The van der Waals surface area contributed by atoms with Crippen molar-refractivity contribution in [3.8, 4) is 5.75 Å². The number of hydrogen-bond acceptors (Lipinski definition) is 3. The predicted octanol–water partition coefficient (Wildman–Crippen LogP) is 3.59. The van der Waals surface area contributed by atoms with Gasteiger partial charge in [-0.1, -0.05) is 32.9 Å². The fourth-order valence-electron chi connectivity index (χ4n) is 2.10. The average molecular weight is 324 g/mol. The summed E-state index contributed by atoms with van der Waals surface area (Å²) in [6, 6.07) is 11.8. The molecule has 1 heterocycles. The second-order valence-electron chi connectivity index (χ2n) is 6.53. The molecule has 0 atom stereocenters. The molecule has 24 heavy (non-hydrogen) atoms. The molecule has 0 saturated carbocycles. The molecule has 4 heteroatoms. The van der Waals surface area contributed by atoms with Crippen LogP contribution >= 0.6 is 0 Å². The summed E-state index contributed by atoms with van der Waals surface area (Å²) in [7, 11) is 0. The average Bonchev–Trinajstić information content (AvgIpc) is 2.57. The zero-order chi connectivity index (χ0) is 17.4. The van der Waals surface area contributed by atoms with Gasteiger partial charge < -0.3 is 10.1 Å². The molecule has 1 N–H and O–H groups in total. The summed E-state index contributed by atoms with van der Waals surface area (Å²) in [5.74, 6) is 0.670. The van der Waals surface area contributed by atoms with Crippen molar-refractivity contribution in [3.05, 3.63) is 66.0 Å². The van der Waals surface area contributed by atoms with Crippen LogP contribution in [-0.4, -0.2) is 24.0 Å². The summed E-state index contributed by atoms with van der Waals surface area (Å²) in [6.07, 6.45) is 6.64. The van der Waals surface area contributed by atoms with Crippen LogP contribution in [-0.2, 0) is 10.2 Å². The topological polar surface area (TPSA) is 51.2 Å². The molecule has 1 aromatic heterocycles.